The second-order valence-corrected chi connectivity index (χ2v) is 7.52. The van der Waals surface area contributed by atoms with Crippen molar-refractivity contribution in [2.24, 2.45) is 0 Å². The number of carbonyl (C=O) groups excluding carboxylic acids is 1. The highest BCUT2D eigenvalue weighted by Gasteiger charge is 2.27. The summed E-state index contributed by atoms with van der Waals surface area (Å²) in [6.07, 6.45) is 6.54. The minimum atomic E-state index is -0.287. The summed E-state index contributed by atoms with van der Waals surface area (Å²) in [5.74, 6) is 0.767. The van der Waals surface area contributed by atoms with Crippen molar-refractivity contribution in [2.45, 2.75) is 18.9 Å². The number of nitrogens with zero attached hydrogens (tertiary/aromatic N) is 4. The van der Waals surface area contributed by atoms with E-state index in [1.807, 2.05) is 19.0 Å². The summed E-state index contributed by atoms with van der Waals surface area (Å²) in [7, 11) is 3.77. The lowest BCUT2D eigenvalue weighted by molar-refractivity contribution is 0.0524. The van der Waals surface area contributed by atoms with Crippen molar-refractivity contribution in [1.29, 1.82) is 0 Å². The molecule has 0 spiro atoms. The van der Waals surface area contributed by atoms with Gasteiger partial charge in [-0.2, -0.15) is 0 Å². The number of aromatic amines is 1. The summed E-state index contributed by atoms with van der Waals surface area (Å²) in [6.45, 7) is 1.15. The zero-order valence-corrected chi connectivity index (χ0v) is 17.0. The van der Waals surface area contributed by atoms with Gasteiger partial charge in [-0.25, -0.2) is 14.4 Å². The van der Waals surface area contributed by atoms with Gasteiger partial charge in [0.2, 0.25) is 0 Å². The maximum atomic E-state index is 13.1. The van der Waals surface area contributed by atoms with Crippen LogP contribution in [0.15, 0.2) is 48.9 Å². The fourth-order valence-corrected chi connectivity index (χ4v) is 3.58. The standard InChI is InChI=1S/C22H24FN5O2/c1-27(2)20-21(25-10-9-24-20)30-18-4-3-11-28(14-18)22(29)19-12-16(13-26-19)15-5-7-17(23)8-6-15/h5-10,12-13,18,26H,3-4,11,14H2,1-2H3. The third-order valence-electron chi connectivity index (χ3n) is 5.10. The number of likely N-dealkylation sites (tertiary alicyclic amines) is 1. The lowest BCUT2D eigenvalue weighted by Gasteiger charge is -2.32. The van der Waals surface area contributed by atoms with Crippen molar-refractivity contribution in [2.75, 3.05) is 32.1 Å². The number of amides is 1. The van der Waals surface area contributed by atoms with Crippen LogP contribution in [0.25, 0.3) is 11.1 Å². The molecule has 1 N–H and O–H groups in total. The largest absolute Gasteiger partial charge is 0.470 e. The molecule has 1 atom stereocenters. The fourth-order valence-electron chi connectivity index (χ4n) is 3.58. The fraction of sp³-hybridized carbons (Fsp3) is 0.318. The van der Waals surface area contributed by atoms with Gasteiger partial charge >= 0.3 is 0 Å². The number of halogens is 1. The Kier molecular flexibility index (Phi) is 5.65. The highest BCUT2D eigenvalue weighted by molar-refractivity contribution is 5.94. The van der Waals surface area contributed by atoms with Crippen LogP contribution in [0.2, 0.25) is 0 Å². The summed E-state index contributed by atoms with van der Waals surface area (Å²) < 4.78 is 19.2. The van der Waals surface area contributed by atoms with Gasteiger partial charge in [0.1, 0.15) is 17.6 Å². The SMILES string of the molecule is CN(C)c1nccnc1OC1CCCN(C(=O)c2cc(-c3ccc(F)cc3)c[nH]2)C1. The van der Waals surface area contributed by atoms with E-state index >= 15 is 0 Å². The van der Waals surface area contributed by atoms with Gasteiger partial charge in [-0.05, 0) is 42.2 Å². The highest BCUT2D eigenvalue weighted by atomic mass is 19.1. The van der Waals surface area contributed by atoms with Gasteiger partial charge in [-0.1, -0.05) is 12.1 Å². The molecule has 0 saturated carbocycles. The van der Waals surface area contributed by atoms with Crippen molar-refractivity contribution in [3.63, 3.8) is 0 Å². The number of piperidine rings is 1. The van der Waals surface area contributed by atoms with E-state index < -0.39 is 0 Å². The molecule has 1 amide bonds. The van der Waals surface area contributed by atoms with Gasteiger partial charge in [-0.15, -0.1) is 0 Å². The quantitative estimate of drug-likeness (QED) is 0.700. The molecule has 156 valence electrons. The molecule has 8 heteroatoms. The van der Waals surface area contributed by atoms with Gasteiger partial charge in [0.15, 0.2) is 5.82 Å². The van der Waals surface area contributed by atoms with Crippen molar-refractivity contribution in [1.82, 2.24) is 19.9 Å². The number of nitrogens with one attached hydrogen (secondary N) is 1. The van der Waals surface area contributed by atoms with E-state index in [1.165, 1.54) is 12.1 Å². The predicted octanol–water partition coefficient (Wildman–Crippen LogP) is 3.36. The predicted molar refractivity (Wildman–Crippen MR) is 112 cm³/mol. The minimum Gasteiger partial charge on any atom is -0.470 e. The Morgan fingerprint density at radius 2 is 1.97 bits per heavy atom. The molecule has 4 rings (SSSR count). The van der Waals surface area contributed by atoms with Crippen LogP contribution in [0.1, 0.15) is 23.3 Å². The van der Waals surface area contributed by atoms with Crippen molar-refractivity contribution < 1.29 is 13.9 Å². The number of aromatic nitrogens is 3. The first-order valence-corrected chi connectivity index (χ1v) is 9.90. The van der Waals surface area contributed by atoms with Crippen LogP contribution in [0.4, 0.5) is 10.2 Å². The Balaban J connectivity index is 1.45. The Bertz CT molecular complexity index is 1020. The summed E-state index contributed by atoms with van der Waals surface area (Å²) in [5, 5.41) is 0. The number of rotatable bonds is 5. The first-order chi connectivity index (χ1) is 14.5. The molecule has 7 nitrogen and oxygen atoms in total. The third-order valence-corrected chi connectivity index (χ3v) is 5.10. The van der Waals surface area contributed by atoms with Crippen LogP contribution < -0.4 is 9.64 Å². The molecule has 0 aliphatic carbocycles. The van der Waals surface area contributed by atoms with E-state index in [4.69, 9.17) is 4.74 Å². The summed E-state index contributed by atoms with van der Waals surface area (Å²) in [5.41, 5.74) is 2.20. The molecule has 3 heterocycles. The lowest BCUT2D eigenvalue weighted by Crippen LogP contribution is -2.44. The van der Waals surface area contributed by atoms with Crippen LogP contribution in [0.5, 0.6) is 5.88 Å². The number of hydrogen-bond donors (Lipinski definition) is 1. The van der Waals surface area contributed by atoms with E-state index in [1.54, 1.807) is 41.7 Å². The maximum Gasteiger partial charge on any atom is 0.270 e. The molecular weight excluding hydrogens is 385 g/mol. The number of anilines is 1. The van der Waals surface area contributed by atoms with E-state index in [9.17, 15) is 9.18 Å². The van der Waals surface area contributed by atoms with Crippen molar-refractivity contribution >= 4 is 11.7 Å². The summed E-state index contributed by atoms with van der Waals surface area (Å²) >= 11 is 0. The molecule has 1 aromatic carbocycles. The molecule has 1 saturated heterocycles. The lowest BCUT2D eigenvalue weighted by atomic mass is 10.1. The molecule has 0 radical (unpaired) electrons. The normalized spacial score (nSPS) is 16.4. The van der Waals surface area contributed by atoms with Crippen LogP contribution in [0, 0.1) is 5.82 Å². The first kappa shape index (κ1) is 19.9. The average molecular weight is 409 g/mol. The minimum absolute atomic E-state index is 0.0800. The first-order valence-electron chi connectivity index (χ1n) is 9.90. The molecule has 1 aliphatic heterocycles. The van der Waals surface area contributed by atoms with E-state index in [2.05, 4.69) is 15.0 Å². The molecule has 1 unspecified atom stereocenters. The maximum absolute atomic E-state index is 13.1. The van der Waals surface area contributed by atoms with Gasteiger partial charge in [0, 0.05) is 39.2 Å². The van der Waals surface area contributed by atoms with Crippen molar-refractivity contribution in [3.05, 3.63) is 60.4 Å². The van der Waals surface area contributed by atoms with Crippen LogP contribution in [-0.2, 0) is 0 Å². The highest BCUT2D eigenvalue weighted by Crippen LogP contribution is 2.25. The number of hydrogen-bond acceptors (Lipinski definition) is 5. The number of benzene rings is 1. The summed E-state index contributed by atoms with van der Waals surface area (Å²) in [6, 6.07) is 8.00. The summed E-state index contributed by atoms with van der Waals surface area (Å²) in [4.78, 5) is 28.3. The topological polar surface area (TPSA) is 74.3 Å². The van der Waals surface area contributed by atoms with Gasteiger partial charge in [0.05, 0.1) is 6.54 Å². The van der Waals surface area contributed by atoms with Crippen LogP contribution in [0.3, 0.4) is 0 Å². The molecule has 3 aromatic rings. The Morgan fingerprint density at radius 3 is 2.73 bits per heavy atom. The second-order valence-electron chi connectivity index (χ2n) is 7.52. The van der Waals surface area contributed by atoms with Gasteiger partial charge < -0.3 is 19.5 Å². The second kappa shape index (κ2) is 8.52. The molecule has 0 bridgehead atoms. The Labute approximate surface area is 174 Å². The smallest absolute Gasteiger partial charge is 0.270 e. The number of ether oxygens (including phenoxy) is 1. The molecule has 30 heavy (non-hydrogen) atoms. The third kappa shape index (κ3) is 4.27. The van der Waals surface area contributed by atoms with Gasteiger partial charge in [0.25, 0.3) is 11.8 Å². The number of carbonyl (C=O) groups is 1. The zero-order chi connectivity index (χ0) is 21.1. The molecule has 1 fully saturated rings. The van der Waals surface area contributed by atoms with Crippen LogP contribution in [-0.4, -0.2) is 59.0 Å². The van der Waals surface area contributed by atoms with E-state index in [-0.39, 0.29) is 17.8 Å². The zero-order valence-electron chi connectivity index (χ0n) is 17.0. The molecule has 2 aromatic heterocycles. The average Bonchev–Trinajstić information content (AvgIpc) is 3.24. The molecule has 1 aliphatic rings. The monoisotopic (exact) mass is 409 g/mol. The Hall–Kier alpha value is -3.42. The van der Waals surface area contributed by atoms with E-state index in [0.29, 0.717) is 30.5 Å². The Morgan fingerprint density at radius 1 is 1.20 bits per heavy atom. The van der Waals surface area contributed by atoms with Crippen molar-refractivity contribution in [3.8, 4) is 17.0 Å². The van der Waals surface area contributed by atoms with Gasteiger partial charge in [-0.3, -0.25) is 4.79 Å². The number of H-pyrrole nitrogens is 1. The molecular formula is C22H24FN5O2. The van der Waals surface area contributed by atoms with Crippen LogP contribution >= 0.6 is 0 Å². The van der Waals surface area contributed by atoms with E-state index in [0.717, 1.165) is 24.0 Å².